The average Bonchev–Trinajstić information content (AvgIpc) is 2.47. The van der Waals surface area contributed by atoms with Gasteiger partial charge in [0, 0.05) is 24.0 Å². The van der Waals surface area contributed by atoms with Crippen molar-refractivity contribution in [3.05, 3.63) is 59.4 Å². The number of hydrogen-bond donors (Lipinski definition) is 1. The molecular weight excluding hydrogens is 321 g/mol. The summed E-state index contributed by atoms with van der Waals surface area (Å²) in [5.41, 5.74) is 8.85. The number of halogens is 2. The van der Waals surface area contributed by atoms with Crippen LogP contribution in [0.5, 0.6) is 0 Å². The number of nitrogens with zero attached hydrogens (tertiary/aromatic N) is 2. The van der Waals surface area contributed by atoms with Crippen LogP contribution in [-0.2, 0) is 6.54 Å². The molecule has 0 unspecified atom stereocenters. The maximum Gasteiger partial charge on any atom is 0.254 e. The summed E-state index contributed by atoms with van der Waals surface area (Å²) in [5.74, 6) is -0.0112. The molecule has 0 saturated heterocycles. The molecule has 0 aliphatic rings. The summed E-state index contributed by atoms with van der Waals surface area (Å²) >= 11 is 0. The Bertz CT molecular complexity index is 606. The van der Waals surface area contributed by atoms with Gasteiger partial charge in [0.25, 0.3) is 5.91 Å². The van der Waals surface area contributed by atoms with Gasteiger partial charge in [-0.05, 0) is 43.7 Å². The summed E-state index contributed by atoms with van der Waals surface area (Å²) in [6.45, 7) is 5.01. The second kappa shape index (κ2) is 9.28. The molecule has 6 heteroatoms. The highest BCUT2D eigenvalue weighted by molar-refractivity contribution is 5.96. The molecule has 4 nitrogen and oxygen atoms in total. The van der Waals surface area contributed by atoms with Gasteiger partial charge in [0.15, 0.2) is 0 Å². The summed E-state index contributed by atoms with van der Waals surface area (Å²) in [5, 5.41) is 0. The zero-order valence-corrected chi connectivity index (χ0v) is 14.3. The number of rotatable bonds is 4. The predicted octanol–water partition coefficient (Wildman–Crippen LogP) is 3.48. The number of benzene rings is 1. The van der Waals surface area contributed by atoms with E-state index in [0.717, 1.165) is 11.3 Å². The largest absolute Gasteiger partial charge is 0.399 e. The molecule has 0 saturated carbocycles. The van der Waals surface area contributed by atoms with Gasteiger partial charge in [0.05, 0.1) is 12.2 Å². The number of amides is 1. The zero-order chi connectivity index (χ0) is 14.5. The molecule has 1 aromatic carbocycles. The van der Waals surface area contributed by atoms with E-state index in [1.54, 1.807) is 23.2 Å². The van der Waals surface area contributed by atoms with E-state index in [1.807, 2.05) is 38.1 Å². The predicted molar refractivity (Wildman–Crippen MR) is 94.7 cm³/mol. The Morgan fingerprint density at radius 2 is 1.95 bits per heavy atom. The maximum atomic E-state index is 12.6. The second-order valence-electron chi connectivity index (χ2n) is 4.71. The van der Waals surface area contributed by atoms with Crippen LogP contribution in [0.25, 0.3) is 0 Å². The number of nitrogens with two attached hydrogens (primary N) is 1. The van der Waals surface area contributed by atoms with Gasteiger partial charge in [0.1, 0.15) is 0 Å². The van der Waals surface area contributed by atoms with E-state index in [1.165, 1.54) is 0 Å². The summed E-state index contributed by atoms with van der Waals surface area (Å²) in [6, 6.07) is 11.1. The van der Waals surface area contributed by atoms with Crippen LogP contribution in [-0.4, -0.2) is 22.3 Å². The standard InChI is InChI=1S/C16H19N3O.2ClH/c1-3-19(11-14-6-4-5-9-18-14)16(20)15-10-13(17)8-7-12(15)2;;/h4-10H,3,11,17H2,1-2H3;2*1H. The third-order valence-corrected chi connectivity index (χ3v) is 3.24. The number of anilines is 1. The zero-order valence-electron chi connectivity index (χ0n) is 12.7. The van der Waals surface area contributed by atoms with Crippen LogP contribution >= 0.6 is 24.8 Å². The van der Waals surface area contributed by atoms with Gasteiger partial charge in [-0.25, -0.2) is 0 Å². The molecule has 0 fully saturated rings. The van der Waals surface area contributed by atoms with Crippen molar-refractivity contribution < 1.29 is 4.79 Å². The highest BCUT2D eigenvalue weighted by Gasteiger charge is 2.17. The number of nitrogen functional groups attached to an aromatic ring is 1. The van der Waals surface area contributed by atoms with Crippen molar-refractivity contribution in [3.63, 3.8) is 0 Å². The Hall–Kier alpha value is -1.78. The van der Waals surface area contributed by atoms with E-state index in [2.05, 4.69) is 4.98 Å². The molecule has 0 spiro atoms. The number of aryl methyl sites for hydroxylation is 1. The van der Waals surface area contributed by atoms with Crippen LogP contribution in [0.2, 0.25) is 0 Å². The monoisotopic (exact) mass is 341 g/mol. The van der Waals surface area contributed by atoms with E-state index in [4.69, 9.17) is 5.73 Å². The normalized spacial score (nSPS) is 9.36. The van der Waals surface area contributed by atoms with Crippen LogP contribution in [0, 0.1) is 6.92 Å². The van der Waals surface area contributed by atoms with E-state index in [-0.39, 0.29) is 30.7 Å². The summed E-state index contributed by atoms with van der Waals surface area (Å²) in [7, 11) is 0. The lowest BCUT2D eigenvalue weighted by Crippen LogP contribution is -2.31. The van der Waals surface area contributed by atoms with E-state index < -0.39 is 0 Å². The molecule has 1 aromatic heterocycles. The summed E-state index contributed by atoms with van der Waals surface area (Å²) in [4.78, 5) is 18.6. The summed E-state index contributed by atoms with van der Waals surface area (Å²) < 4.78 is 0. The number of carbonyl (C=O) groups excluding carboxylic acids is 1. The molecule has 2 aromatic rings. The Morgan fingerprint density at radius 1 is 1.23 bits per heavy atom. The molecule has 2 rings (SSSR count). The number of aromatic nitrogens is 1. The third-order valence-electron chi connectivity index (χ3n) is 3.24. The van der Waals surface area contributed by atoms with E-state index >= 15 is 0 Å². The maximum absolute atomic E-state index is 12.6. The van der Waals surface area contributed by atoms with Crippen LogP contribution in [0.4, 0.5) is 5.69 Å². The van der Waals surface area contributed by atoms with Gasteiger partial charge in [-0.3, -0.25) is 9.78 Å². The van der Waals surface area contributed by atoms with Crippen LogP contribution in [0.1, 0.15) is 28.5 Å². The van der Waals surface area contributed by atoms with Gasteiger partial charge in [0.2, 0.25) is 0 Å². The van der Waals surface area contributed by atoms with Crippen molar-refractivity contribution in [3.8, 4) is 0 Å². The van der Waals surface area contributed by atoms with Crippen LogP contribution < -0.4 is 5.73 Å². The fraction of sp³-hybridized carbons (Fsp3) is 0.250. The highest BCUT2D eigenvalue weighted by atomic mass is 35.5. The quantitative estimate of drug-likeness (QED) is 0.866. The Kier molecular flexibility index (Phi) is 8.53. The first kappa shape index (κ1) is 20.2. The van der Waals surface area contributed by atoms with Crippen molar-refractivity contribution >= 4 is 36.4 Å². The minimum Gasteiger partial charge on any atom is -0.399 e. The van der Waals surface area contributed by atoms with Crippen molar-refractivity contribution in [1.29, 1.82) is 0 Å². The van der Waals surface area contributed by atoms with Gasteiger partial charge in [-0.1, -0.05) is 12.1 Å². The van der Waals surface area contributed by atoms with Crippen molar-refractivity contribution in [2.45, 2.75) is 20.4 Å². The molecular formula is C16H21Cl2N3O. The molecule has 0 atom stereocenters. The fourth-order valence-electron chi connectivity index (χ4n) is 2.05. The lowest BCUT2D eigenvalue weighted by molar-refractivity contribution is 0.0750. The minimum atomic E-state index is -0.0112. The van der Waals surface area contributed by atoms with Gasteiger partial charge < -0.3 is 10.6 Å². The molecule has 1 heterocycles. The first-order valence-electron chi connectivity index (χ1n) is 6.67. The van der Waals surface area contributed by atoms with Crippen molar-refractivity contribution in [1.82, 2.24) is 9.88 Å². The number of pyridine rings is 1. The Labute approximate surface area is 143 Å². The Balaban J connectivity index is 0.00000220. The first-order valence-corrected chi connectivity index (χ1v) is 6.67. The lowest BCUT2D eigenvalue weighted by Gasteiger charge is -2.21. The minimum absolute atomic E-state index is 0. The first-order chi connectivity index (χ1) is 9.61. The van der Waals surface area contributed by atoms with Crippen molar-refractivity contribution in [2.24, 2.45) is 0 Å². The van der Waals surface area contributed by atoms with Crippen molar-refractivity contribution in [2.75, 3.05) is 12.3 Å². The molecule has 120 valence electrons. The molecule has 0 aliphatic heterocycles. The highest BCUT2D eigenvalue weighted by Crippen LogP contribution is 2.16. The fourth-order valence-corrected chi connectivity index (χ4v) is 2.05. The van der Waals surface area contributed by atoms with Crippen LogP contribution in [0.3, 0.4) is 0 Å². The average molecular weight is 342 g/mol. The summed E-state index contributed by atoms with van der Waals surface area (Å²) in [6.07, 6.45) is 1.74. The van der Waals surface area contributed by atoms with Gasteiger partial charge in [-0.2, -0.15) is 0 Å². The van der Waals surface area contributed by atoms with Gasteiger partial charge in [-0.15, -0.1) is 24.8 Å². The SMILES string of the molecule is CCN(Cc1ccccn1)C(=O)c1cc(N)ccc1C.Cl.Cl. The molecule has 0 bridgehead atoms. The Morgan fingerprint density at radius 3 is 2.55 bits per heavy atom. The molecule has 0 radical (unpaired) electrons. The lowest BCUT2D eigenvalue weighted by atomic mass is 10.1. The molecule has 0 aliphatic carbocycles. The van der Waals surface area contributed by atoms with Gasteiger partial charge >= 0.3 is 0 Å². The smallest absolute Gasteiger partial charge is 0.254 e. The molecule has 22 heavy (non-hydrogen) atoms. The number of hydrogen-bond acceptors (Lipinski definition) is 3. The molecule has 2 N–H and O–H groups in total. The number of carbonyl (C=O) groups is 1. The van der Waals surface area contributed by atoms with E-state index in [9.17, 15) is 4.79 Å². The topological polar surface area (TPSA) is 59.2 Å². The second-order valence-corrected chi connectivity index (χ2v) is 4.71. The van der Waals surface area contributed by atoms with E-state index in [0.29, 0.717) is 24.3 Å². The van der Waals surface area contributed by atoms with Crippen LogP contribution in [0.15, 0.2) is 42.6 Å². The molecule has 1 amide bonds. The third kappa shape index (κ3) is 4.90.